The summed E-state index contributed by atoms with van der Waals surface area (Å²) in [5.41, 5.74) is 0.998. The van der Waals surface area contributed by atoms with Gasteiger partial charge in [-0.15, -0.1) is 0 Å². The van der Waals surface area contributed by atoms with E-state index in [-0.39, 0.29) is 0 Å². The molecule has 0 aliphatic heterocycles. The van der Waals surface area contributed by atoms with Crippen molar-refractivity contribution in [2.45, 2.75) is 26.7 Å². The first-order valence-corrected chi connectivity index (χ1v) is 7.98. The molecule has 21 heavy (non-hydrogen) atoms. The maximum Gasteiger partial charge on any atom is 0.136 e. The van der Waals surface area contributed by atoms with Gasteiger partial charge in [0.05, 0.1) is 5.69 Å². The van der Waals surface area contributed by atoms with Gasteiger partial charge in [-0.3, -0.25) is 0 Å². The van der Waals surface area contributed by atoms with Crippen LogP contribution in [-0.2, 0) is 0 Å². The predicted molar refractivity (Wildman–Crippen MR) is 92.4 cm³/mol. The van der Waals surface area contributed by atoms with Crippen LogP contribution in [0.3, 0.4) is 0 Å². The van der Waals surface area contributed by atoms with E-state index in [1.807, 2.05) is 37.3 Å². The molecule has 0 aliphatic rings. The van der Waals surface area contributed by atoms with Crippen LogP contribution < -0.4 is 10.2 Å². The van der Waals surface area contributed by atoms with Crippen molar-refractivity contribution in [3.8, 4) is 0 Å². The molecule has 0 aliphatic carbocycles. The standard InChI is InChI=1S/C16H21BrN4/c1-4-5-10-21(3)16-11-15(18-12(2)19-16)20-14-9-7-6-8-13(14)17/h6-9,11H,4-5,10H2,1-3H3,(H,18,19,20). The Bertz CT molecular complexity index is 601. The average molecular weight is 349 g/mol. The summed E-state index contributed by atoms with van der Waals surface area (Å²) in [5.74, 6) is 2.53. The Morgan fingerprint density at radius 2 is 2.00 bits per heavy atom. The minimum absolute atomic E-state index is 0.769. The second kappa shape index (κ2) is 7.41. The van der Waals surface area contributed by atoms with Gasteiger partial charge in [0.1, 0.15) is 17.5 Å². The first-order chi connectivity index (χ1) is 10.1. The van der Waals surface area contributed by atoms with Crippen LogP contribution in [0.1, 0.15) is 25.6 Å². The summed E-state index contributed by atoms with van der Waals surface area (Å²) in [6, 6.07) is 9.99. The van der Waals surface area contributed by atoms with Crippen molar-refractivity contribution in [2.75, 3.05) is 23.8 Å². The molecule has 5 heteroatoms. The molecule has 1 N–H and O–H groups in total. The number of aryl methyl sites for hydroxylation is 1. The number of anilines is 3. The SMILES string of the molecule is CCCCN(C)c1cc(Nc2ccccc2Br)nc(C)n1. The minimum atomic E-state index is 0.769. The minimum Gasteiger partial charge on any atom is -0.360 e. The predicted octanol–water partition coefficient (Wildman–Crippen LogP) is 4.53. The van der Waals surface area contributed by atoms with Crippen molar-refractivity contribution < 1.29 is 0 Å². The highest BCUT2D eigenvalue weighted by Crippen LogP contribution is 2.25. The summed E-state index contributed by atoms with van der Waals surface area (Å²) in [5, 5.41) is 3.34. The first-order valence-electron chi connectivity index (χ1n) is 7.18. The highest BCUT2D eigenvalue weighted by molar-refractivity contribution is 9.10. The van der Waals surface area contributed by atoms with Gasteiger partial charge in [-0.25, -0.2) is 9.97 Å². The van der Waals surface area contributed by atoms with Gasteiger partial charge < -0.3 is 10.2 Å². The van der Waals surface area contributed by atoms with Gasteiger partial charge in [-0.2, -0.15) is 0 Å². The second-order valence-electron chi connectivity index (χ2n) is 5.04. The monoisotopic (exact) mass is 348 g/mol. The van der Waals surface area contributed by atoms with Crippen LogP contribution in [0.15, 0.2) is 34.8 Å². The van der Waals surface area contributed by atoms with Crippen LogP contribution in [0.2, 0.25) is 0 Å². The zero-order valence-corrected chi connectivity index (χ0v) is 14.3. The fourth-order valence-corrected chi connectivity index (χ4v) is 2.41. The number of hydrogen-bond acceptors (Lipinski definition) is 4. The van der Waals surface area contributed by atoms with E-state index in [2.05, 4.69) is 50.1 Å². The number of nitrogens with zero attached hydrogens (tertiary/aromatic N) is 3. The van der Waals surface area contributed by atoms with Crippen LogP contribution in [-0.4, -0.2) is 23.6 Å². The van der Waals surface area contributed by atoms with E-state index in [4.69, 9.17) is 0 Å². The number of rotatable bonds is 6. The van der Waals surface area contributed by atoms with E-state index in [1.54, 1.807) is 0 Å². The Hall–Kier alpha value is -1.62. The first kappa shape index (κ1) is 15.8. The molecule has 0 bridgehead atoms. The smallest absolute Gasteiger partial charge is 0.136 e. The second-order valence-corrected chi connectivity index (χ2v) is 5.89. The Kier molecular flexibility index (Phi) is 5.56. The molecule has 2 aromatic rings. The number of nitrogens with one attached hydrogen (secondary N) is 1. The number of benzene rings is 1. The third-order valence-corrected chi connectivity index (χ3v) is 3.89. The molecule has 0 amide bonds. The fraction of sp³-hybridized carbons (Fsp3) is 0.375. The quantitative estimate of drug-likeness (QED) is 0.832. The van der Waals surface area contributed by atoms with Crippen molar-refractivity contribution in [1.29, 1.82) is 0 Å². The summed E-state index contributed by atoms with van der Waals surface area (Å²) in [4.78, 5) is 11.1. The highest BCUT2D eigenvalue weighted by atomic mass is 79.9. The molecule has 0 saturated carbocycles. The summed E-state index contributed by atoms with van der Waals surface area (Å²) >= 11 is 3.54. The van der Waals surface area contributed by atoms with E-state index in [1.165, 1.54) is 6.42 Å². The van der Waals surface area contributed by atoms with E-state index in [0.717, 1.165) is 40.6 Å². The number of halogens is 1. The zero-order valence-electron chi connectivity index (χ0n) is 12.7. The van der Waals surface area contributed by atoms with Crippen molar-refractivity contribution in [1.82, 2.24) is 9.97 Å². The molecule has 0 atom stereocenters. The van der Waals surface area contributed by atoms with E-state index in [0.29, 0.717) is 0 Å². The van der Waals surface area contributed by atoms with Gasteiger partial charge in [0, 0.05) is 24.1 Å². The normalized spacial score (nSPS) is 10.5. The number of unbranched alkanes of at least 4 members (excludes halogenated alkanes) is 1. The fourth-order valence-electron chi connectivity index (χ4n) is 2.02. The van der Waals surface area contributed by atoms with E-state index >= 15 is 0 Å². The number of hydrogen-bond donors (Lipinski definition) is 1. The molecule has 0 spiro atoms. The van der Waals surface area contributed by atoms with Crippen molar-refractivity contribution >= 4 is 33.3 Å². The van der Waals surface area contributed by atoms with Gasteiger partial charge >= 0.3 is 0 Å². The lowest BCUT2D eigenvalue weighted by Gasteiger charge is -2.19. The lowest BCUT2D eigenvalue weighted by atomic mass is 10.3. The summed E-state index contributed by atoms with van der Waals surface area (Å²) in [6.07, 6.45) is 2.34. The maximum atomic E-state index is 4.51. The molecule has 1 aromatic heterocycles. The van der Waals surface area contributed by atoms with Crippen molar-refractivity contribution in [3.63, 3.8) is 0 Å². The molecule has 0 unspecified atom stereocenters. The maximum absolute atomic E-state index is 4.51. The van der Waals surface area contributed by atoms with Gasteiger partial charge in [-0.1, -0.05) is 25.5 Å². The topological polar surface area (TPSA) is 41.0 Å². The van der Waals surface area contributed by atoms with Crippen molar-refractivity contribution in [2.24, 2.45) is 0 Å². The Morgan fingerprint density at radius 1 is 1.24 bits per heavy atom. The molecule has 0 fully saturated rings. The van der Waals surface area contributed by atoms with Crippen LogP contribution in [0.4, 0.5) is 17.3 Å². The molecular formula is C16H21BrN4. The van der Waals surface area contributed by atoms with Crippen LogP contribution >= 0.6 is 15.9 Å². The largest absolute Gasteiger partial charge is 0.360 e. The third kappa shape index (κ3) is 4.43. The average Bonchev–Trinajstić information content (AvgIpc) is 2.46. The summed E-state index contributed by atoms with van der Waals surface area (Å²) in [6.45, 7) is 5.11. The number of para-hydroxylation sites is 1. The molecule has 4 nitrogen and oxygen atoms in total. The van der Waals surface area contributed by atoms with Crippen molar-refractivity contribution in [3.05, 3.63) is 40.6 Å². The Balaban J connectivity index is 2.21. The van der Waals surface area contributed by atoms with Gasteiger partial charge in [0.15, 0.2) is 0 Å². The molecule has 2 rings (SSSR count). The highest BCUT2D eigenvalue weighted by Gasteiger charge is 2.07. The Labute approximate surface area is 134 Å². The van der Waals surface area contributed by atoms with Crippen LogP contribution in [0.25, 0.3) is 0 Å². The summed E-state index contributed by atoms with van der Waals surface area (Å²) < 4.78 is 1.02. The lowest BCUT2D eigenvalue weighted by molar-refractivity contribution is 0.756. The van der Waals surface area contributed by atoms with Gasteiger partial charge in [-0.05, 0) is 41.4 Å². The lowest BCUT2D eigenvalue weighted by Crippen LogP contribution is -2.20. The summed E-state index contributed by atoms with van der Waals surface area (Å²) in [7, 11) is 2.07. The van der Waals surface area contributed by atoms with Crippen LogP contribution in [0, 0.1) is 6.92 Å². The van der Waals surface area contributed by atoms with E-state index in [9.17, 15) is 0 Å². The van der Waals surface area contributed by atoms with E-state index < -0.39 is 0 Å². The Morgan fingerprint density at radius 3 is 2.71 bits per heavy atom. The molecule has 0 saturated heterocycles. The molecular weight excluding hydrogens is 328 g/mol. The molecule has 1 heterocycles. The van der Waals surface area contributed by atoms with Gasteiger partial charge in [0.2, 0.25) is 0 Å². The third-order valence-electron chi connectivity index (χ3n) is 3.20. The molecule has 0 radical (unpaired) electrons. The molecule has 1 aromatic carbocycles. The van der Waals surface area contributed by atoms with Crippen LogP contribution in [0.5, 0.6) is 0 Å². The number of aromatic nitrogens is 2. The van der Waals surface area contributed by atoms with Gasteiger partial charge in [0.25, 0.3) is 0 Å². The zero-order chi connectivity index (χ0) is 15.2. The molecule has 112 valence electrons.